The van der Waals surface area contributed by atoms with Gasteiger partial charge >= 0.3 is 0 Å². The molecule has 3 aromatic rings. The molecule has 0 aromatic heterocycles. The Hall–Kier alpha value is -4.04. The van der Waals surface area contributed by atoms with E-state index in [2.05, 4.69) is 15.8 Å². The predicted molar refractivity (Wildman–Crippen MR) is 131 cm³/mol. The number of carbonyl (C=O) groups is 2. The lowest BCUT2D eigenvalue weighted by Crippen LogP contribution is -2.20. The summed E-state index contributed by atoms with van der Waals surface area (Å²) in [5, 5.41) is 7.19. The van der Waals surface area contributed by atoms with E-state index >= 15 is 0 Å². The third-order valence-electron chi connectivity index (χ3n) is 4.48. The van der Waals surface area contributed by atoms with Crippen molar-refractivity contribution in [1.29, 1.82) is 0 Å². The smallest absolute Gasteiger partial charge is 0.271 e. The average molecular weight is 482 g/mol. The summed E-state index contributed by atoms with van der Waals surface area (Å²) in [5.41, 5.74) is 3.96. The van der Waals surface area contributed by atoms with E-state index in [4.69, 9.17) is 25.8 Å². The lowest BCUT2D eigenvalue weighted by atomic mass is 10.2. The average Bonchev–Trinajstić information content (AvgIpc) is 2.84. The summed E-state index contributed by atoms with van der Waals surface area (Å²) >= 11 is 6.09. The molecule has 2 N–H and O–H groups in total. The Balaban J connectivity index is 1.64. The van der Waals surface area contributed by atoms with Crippen LogP contribution >= 0.6 is 11.6 Å². The predicted octanol–water partition coefficient (Wildman–Crippen LogP) is 4.53. The number of halogens is 1. The number of rotatable bonds is 10. The number of hydrazone groups is 1. The van der Waals surface area contributed by atoms with E-state index in [0.29, 0.717) is 45.7 Å². The van der Waals surface area contributed by atoms with Gasteiger partial charge in [-0.15, -0.1) is 0 Å². The van der Waals surface area contributed by atoms with Gasteiger partial charge in [0, 0.05) is 21.8 Å². The van der Waals surface area contributed by atoms with Crippen molar-refractivity contribution in [3.63, 3.8) is 0 Å². The zero-order valence-corrected chi connectivity index (χ0v) is 19.5. The number of hydrogen-bond acceptors (Lipinski definition) is 6. The van der Waals surface area contributed by atoms with Gasteiger partial charge in [0.2, 0.25) is 0 Å². The summed E-state index contributed by atoms with van der Waals surface area (Å²) in [6.07, 6.45) is 1.39. The molecule has 0 saturated carbocycles. The number of anilines is 1. The second-order valence-electron chi connectivity index (χ2n) is 6.88. The molecule has 34 heavy (non-hydrogen) atoms. The third-order valence-corrected chi connectivity index (χ3v) is 4.72. The quantitative estimate of drug-likeness (QED) is 0.327. The number of benzene rings is 3. The van der Waals surface area contributed by atoms with E-state index in [1.807, 2.05) is 25.1 Å². The fourth-order valence-electron chi connectivity index (χ4n) is 2.92. The molecule has 3 rings (SSSR count). The minimum atomic E-state index is -0.438. The van der Waals surface area contributed by atoms with Crippen LogP contribution in [0, 0.1) is 0 Å². The van der Waals surface area contributed by atoms with Crippen molar-refractivity contribution in [3.05, 3.63) is 82.9 Å². The van der Waals surface area contributed by atoms with Gasteiger partial charge in [0.15, 0.2) is 18.1 Å². The zero-order chi connectivity index (χ0) is 24.3. The van der Waals surface area contributed by atoms with Crippen molar-refractivity contribution < 1.29 is 23.8 Å². The fourth-order valence-corrected chi connectivity index (χ4v) is 3.11. The first-order chi connectivity index (χ1) is 16.5. The highest BCUT2D eigenvalue weighted by molar-refractivity contribution is 6.30. The van der Waals surface area contributed by atoms with Gasteiger partial charge < -0.3 is 19.5 Å². The van der Waals surface area contributed by atoms with Gasteiger partial charge in [-0.2, -0.15) is 5.10 Å². The number of nitrogens with zero attached hydrogens (tertiary/aromatic N) is 1. The van der Waals surface area contributed by atoms with Gasteiger partial charge in [-0.05, 0) is 55.5 Å². The highest BCUT2D eigenvalue weighted by atomic mass is 35.5. The molecule has 0 spiro atoms. The van der Waals surface area contributed by atoms with Gasteiger partial charge in [-0.25, -0.2) is 5.43 Å². The molecule has 0 saturated heterocycles. The van der Waals surface area contributed by atoms with Crippen LogP contribution in [0.25, 0.3) is 0 Å². The highest BCUT2D eigenvalue weighted by Gasteiger charge is 2.11. The molecule has 0 fully saturated rings. The maximum absolute atomic E-state index is 12.5. The summed E-state index contributed by atoms with van der Waals surface area (Å²) < 4.78 is 16.4. The third kappa shape index (κ3) is 6.98. The molecule has 0 aliphatic carbocycles. The second kappa shape index (κ2) is 12.3. The monoisotopic (exact) mass is 481 g/mol. The number of para-hydroxylation sites is 1. The van der Waals surface area contributed by atoms with Crippen LogP contribution < -0.4 is 25.0 Å². The topological polar surface area (TPSA) is 98.3 Å². The normalized spacial score (nSPS) is 10.6. The summed E-state index contributed by atoms with van der Waals surface area (Å²) in [6, 6.07) is 18.8. The first kappa shape index (κ1) is 24.6. The van der Waals surface area contributed by atoms with Crippen LogP contribution in [0.3, 0.4) is 0 Å². The zero-order valence-electron chi connectivity index (χ0n) is 18.7. The number of ether oxygens (including phenoxy) is 3. The van der Waals surface area contributed by atoms with Crippen LogP contribution in [-0.4, -0.2) is 38.4 Å². The Bertz CT molecular complexity index is 1170. The minimum Gasteiger partial charge on any atom is -0.493 e. The lowest BCUT2D eigenvalue weighted by molar-refractivity contribution is -0.118. The molecule has 0 aliphatic heterocycles. The van der Waals surface area contributed by atoms with Crippen LogP contribution in [0.5, 0.6) is 17.2 Å². The highest BCUT2D eigenvalue weighted by Crippen LogP contribution is 2.28. The standard InChI is InChI=1S/C25H24ClN3O5/c1-3-33-23-14-17(9-11-22(23)32-2)25(31)29-27-15-18-13-19(26)10-12-21(18)34-16-24(30)28-20-7-5-4-6-8-20/h4-15H,3,16H2,1-2H3,(H,28,30)(H,29,31)/b27-15+. The van der Waals surface area contributed by atoms with Crippen molar-refractivity contribution in [2.24, 2.45) is 5.10 Å². The molecule has 0 bridgehead atoms. The maximum Gasteiger partial charge on any atom is 0.271 e. The molecule has 9 heteroatoms. The van der Waals surface area contributed by atoms with Crippen molar-refractivity contribution in [2.45, 2.75) is 6.92 Å². The van der Waals surface area contributed by atoms with Crippen LogP contribution in [0.1, 0.15) is 22.8 Å². The van der Waals surface area contributed by atoms with E-state index in [0.717, 1.165) is 0 Å². The van der Waals surface area contributed by atoms with Crippen LogP contribution in [0.4, 0.5) is 5.69 Å². The van der Waals surface area contributed by atoms with Gasteiger partial charge in [0.05, 0.1) is 19.9 Å². The summed E-state index contributed by atoms with van der Waals surface area (Å²) in [4.78, 5) is 24.7. The second-order valence-corrected chi connectivity index (χ2v) is 7.32. The summed E-state index contributed by atoms with van der Waals surface area (Å²) in [5.74, 6) is 0.613. The molecule has 0 radical (unpaired) electrons. The Morgan fingerprint density at radius 2 is 1.74 bits per heavy atom. The summed E-state index contributed by atoms with van der Waals surface area (Å²) in [7, 11) is 1.53. The molecular weight excluding hydrogens is 458 g/mol. The Morgan fingerprint density at radius 3 is 2.47 bits per heavy atom. The first-order valence-corrected chi connectivity index (χ1v) is 10.8. The van der Waals surface area contributed by atoms with Gasteiger partial charge in [0.25, 0.3) is 11.8 Å². The van der Waals surface area contributed by atoms with E-state index in [-0.39, 0.29) is 12.5 Å². The fraction of sp³-hybridized carbons (Fsp3) is 0.160. The van der Waals surface area contributed by atoms with Crippen molar-refractivity contribution >= 4 is 35.3 Å². The number of hydrogen-bond donors (Lipinski definition) is 2. The van der Waals surface area contributed by atoms with Crippen molar-refractivity contribution in [3.8, 4) is 17.2 Å². The number of amides is 2. The largest absolute Gasteiger partial charge is 0.493 e. The van der Waals surface area contributed by atoms with E-state index in [1.54, 1.807) is 48.5 Å². The van der Waals surface area contributed by atoms with Crippen LogP contribution in [0.2, 0.25) is 5.02 Å². The molecule has 0 unspecified atom stereocenters. The van der Waals surface area contributed by atoms with E-state index in [1.165, 1.54) is 13.3 Å². The van der Waals surface area contributed by atoms with Crippen molar-refractivity contribution in [1.82, 2.24) is 5.43 Å². The SMILES string of the molecule is CCOc1cc(C(=O)N/N=C/c2cc(Cl)ccc2OCC(=O)Nc2ccccc2)ccc1OC. The molecule has 0 atom stereocenters. The van der Waals surface area contributed by atoms with E-state index in [9.17, 15) is 9.59 Å². The molecule has 0 heterocycles. The number of methoxy groups -OCH3 is 1. The maximum atomic E-state index is 12.5. The minimum absolute atomic E-state index is 0.213. The molecule has 8 nitrogen and oxygen atoms in total. The summed E-state index contributed by atoms with van der Waals surface area (Å²) in [6.45, 7) is 2.06. The Labute approximate surface area is 202 Å². The van der Waals surface area contributed by atoms with Crippen LogP contribution in [-0.2, 0) is 4.79 Å². The molecule has 0 aliphatic rings. The number of nitrogens with one attached hydrogen (secondary N) is 2. The van der Waals surface area contributed by atoms with E-state index < -0.39 is 5.91 Å². The molecular formula is C25H24ClN3O5. The van der Waals surface area contributed by atoms with Gasteiger partial charge in [-0.1, -0.05) is 29.8 Å². The van der Waals surface area contributed by atoms with Gasteiger partial charge in [-0.3, -0.25) is 9.59 Å². The van der Waals surface area contributed by atoms with Crippen molar-refractivity contribution in [2.75, 3.05) is 25.6 Å². The Morgan fingerprint density at radius 1 is 0.971 bits per heavy atom. The van der Waals surface area contributed by atoms with Gasteiger partial charge in [0.1, 0.15) is 5.75 Å². The Kier molecular flexibility index (Phi) is 8.88. The molecule has 2 amide bonds. The molecule has 176 valence electrons. The first-order valence-electron chi connectivity index (χ1n) is 10.4. The lowest BCUT2D eigenvalue weighted by Gasteiger charge is -2.11. The molecule has 3 aromatic carbocycles. The number of carbonyl (C=O) groups excluding carboxylic acids is 2. The van der Waals surface area contributed by atoms with Crippen LogP contribution in [0.15, 0.2) is 71.8 Å².